The first-order valence-corrected chi connectivity index (χ1v) is 5.86. The van der Waals surface area contributed by atoms with Crippen LogP contribution in [0.1, 0.15) is 12.8 Å². The molecule has 1 aromatic carbocycles. The Balaban J connectivity index is 2.06. The summed E-state index contributed by atoms with van der Waals surface area (Å²) in [7, 11) is 0. The summed E-state index contributed by atoms with van der Waals surface area (Å²) in [5.41, 5.74) is 0.970. The lowest BCUT2D eigenvalue weighted by Gasteiger charge is -2.04. The lowest BCUT2D eigenvalue weighted by atomic mass is 10.2. The molecular formula is C11H12BrNO. The highest BCUT2D eigenvalue weighted by Gasteiger charge is 2.20. The lowest BCUT2D eigenvalue weighted by molar-refractivity contribution is 0.246. The van der Waals surface area contributed by atoms with Crippen LogP contribution in [0.3, 0.4) is 0 Å². The topological polar surface area (TPSA) is 21.6 Å². The predicted octanol–water partition coefficient (Wildman–Crippen LogP) is 3.29. The lowest BCUT2D eigenvalue weighted by Crippen LogP contribution is -2.07. The summed E-state index contributed by atoms with van der Waals surface area (Å²) < 4.78 is 5.62. The Morgan fingerprint density at radius 1 is 1.36 bits per heavy atom. The van der Waals surface area contributed by atoms with Crippen LogP contribution < -0.4 is 0 Å². The van der Waals surface area contributed by atoms with E-state index in [2.05, 4.69) is 20.9 Å². The van der Waals surface area contributed by atoms with Crippen molar-refractivity contribution in [2.75, 3.05) is 5.33 Å². The molecule has 2 nitrogen and oxygen atoms in total. The van der Waals surface area contributed by atoms with Gasteiger partial charge in [-0.3, -0.25) is 0 Å². The van der Waals surface area contributed by atoms with Gasteiger partial charge in [-0.2, -0.15) is 0 Å². The van der Waals surface area contributed by atoms with E-state index in [1.165, 1.54) is 0 Å². The van der Waals surface area contributed by atoms with Crippen LogP contribution in [-0.4, -0.2) is 17.3 Å². The van der Waals surface area contributed by atoms with E-state index in [1.807, 2.05) is 30.3 Å². The molecule has 1 aromatic rings. The number of nitrogens with zero attached hydrogens (tertiary/aromatic N) is 1. The van der Waals surface area contributed by atoms with E-state index < -0.39 is 0 Å². The van der Waals surface area contributed by atoms with E-state index in [4.69, 9.17) is 4.74 Å². The highest BCUT2D eigenvalue weighted by atomic mass is 79.9. The normalized spacial score (nSPS) is 23.8. The van der Waals surface area contributed by atoms with Crippen molar-refractivity contribution in [3.05, 3.63) is 30.3 Å². The molecule has 0 saturated carbocycles. The van der Waals surface area contributed by atoms with Gasteiger partial charge in [0, 0.05) is 11.8 Å². The van der Waals surface area contributed by atoms with Crippen molar-refractivity contribution in [1.29, 1.82) is 0 Å². The molecule has 0 N–H and O–H groups in total. The third-order valence-corrected chi connectivity index (χ3v) is 2.89. The minimum atomic E-state index is 0.303. The number of ether oxygens (including phenoxy) is 1. The van der Waals surface area contributed by atoms with Crippen LogP contribution in [-0.2, 0) is 4.74 Å². The molecule has 14 heavy (non-hydrogen) atoms. The van der Waals surface area contributed by atoms with Crippen molar-refractivity contribution < 1.29 is 4.74 Å². The van der Waals surface area contributed by atoms with Crippen LogP contribution in [0.2, 0.25) is 0 Å². The average molecular weight is 254 g/mol. The van der Waals surface area contributed by atoms with Crippen LogP contribution >= 0.6 is 15.9 Å². The smallest absolute Gasteiger partial charge is 0.188 e. The SMILES string of the molecule is BrCC1CCC(=Nc2ccccc2)O1. The van der Waals surface area contributed by atoms with Gasteiger partial charge in [-0.05, 0) is 18.6 Å². The van der Waals surface area contributed by atoms with Crippen LogP contribution in [0.25, 0.3) is 0 Å². The molecule has 0 aliphatic carbocycles. The van der Waals surface area contributed by atoms with Crippen molar-refractivity contribution in [3.8, 4) is 0 Å². The summed E-state index contributed by atoms with van der Waals surface area (Å²) in [6.07, 6.45) is 2.32. The summed E-state index contributed by atoms with van der Waals surface area (Å²) in [6.45, 7) is 0. The van der Waals surface area contributed by atoms with Crippen LogP contribution in [0.4, 0.5) is 5.69 Å². The fraction of sp³-hybridized carbons (Fsp3) is 0.364. The first kappa shape index (κ1) is 9.71. The summed E-state index contributed by atoms with van der Waals surface area (Å²) >= 11 is 3.41. The zero-order valence-electron chi connectivity index (χ0n) is 7.82. The number of hydrogen-bond acceptors (Lipinski definition) is 2. The number of para-hydroxylation sites is 1. The zero-order chi connectivity index (χ0) is 9.80. The summed E-state index contributed by atoms with van der Waals surface area (Å²) in [5, 5.41) is 0.890. The highest BCUT2D eigenvalue weighted by molar-refractivity contribution is 9.09. The molecule has 0 aromatic heterocycles. The fourth-order valence-corrected chi connectivity index (χ4v) is 1.89. The van der Waals surface area contributed by atoms with Gasteiger partial charge in [-0.1, -0.05) is 34.1 Å². The van der Waals surface area contributed by atoms with E-state index in [-0.39, 0.29) is 0 Å². The van der Waals surface area contributed by atoms with Gasteiger partial charge in [0.15, 0.2) is 5.90 Å². The Bertz CT molecular complexity index is 323. The van der Waals surface area contributed by atoms with Gasteiger partial charge in [0.1, 0.15) is 6.10 Å². The summed E-state index contributed by atoms with van der Waals surface area (Å²) in [6, 6.07) is 9.92. The van der Waals surface area contributed by atoms with Gasteiger partial charge < -0.3 is 4.74 Å². The van der Waals surface area contributed by atoms with Crippen LogP contribution in [0.15, 0.2) is 35.3 Å². The summed E-state index contributed by atoms with van der Waals surface area (Å²) in [5.74, 6) is 0.862. The van der Waals surface area contributed by atoms with Gasteiger partial charge in [-0.15, -0.1) is 0 Å². The standard InChI is InChI=1S/C11H12BrNO/c12-8-10-6-7-11(14-10)13-9-4-2-1-3-5-9/h1-5,10H,6-8H2. The number of rotatable bonds is 2. The number of alkyl halides is 1. The molecule has 1 unspecified atom stereocenters. The van der Waals surface area contributed by atoms with E-state index in [1.54, 1.807) is 0 Å². The third-order valence-electron chi connectivity index (χ3n) is 2.16. The number of halogens is 1. The Morgan fingerprint density at radius 3 is 2.79 bits per heavy atom. The largest absolute Gasteiger partial charge is 0.477 e. The number of benzene rings is 1. The van der Waals surface area contributed by atoms with Gasteiger partial charge in [0.2, 0.25) is 0 Å². The molecule has 2 rings (SSSR count). The van der Waals surface area contributed by atoms with Crippen molar-refractivity contribution in [2.24, 2.45) is 4.99 Å². The number of hydrogen-bond donors (Lipinski definition) is 0. The monoisotopic (exact) mass is 253 g/mol. The molecular weight excluding hydrogens is 242 g/mol. The van der Waals surface area contributed by atoms with E-state index in [0.717, 1.165) is 29.8 Å². The van der Waals surface area contributed by atoms with E-state index in [9.17, 15) is 0 Å². The quantitative estimate of drug-likeness (QED) is 0.742. The minimum absolute atomic E-state index is 0.303. The van der Waals surface area contributed by atoms with Crippen molar-refractivity contribution in [3.63, 3.8) is 0 Å². The minimum Gasteiger partial charge on any atom is -0.477 e. The third kappa shape index (κ3) is 2.35. The molecule has 1 aliphatic rings. The molecule has 0 bridgehead atoms. The molecule has 1 atom stereocenters. The maximum absolute atomic E-state index is 5.62. The maximum atomic E-state index is 5.62. The second-order valence-electron chi connectivity index (χ2n) is 3.27. The van der Waals surface area contributed by atoms with Crippen LogP contribution in [0, 0.1) is 0 Å². The average Bonchev–Trinajstić information content (AvgIpc) is 2.67. The number of aliphatic imine (C=N–C) groups is 1. The molecule has 3 heteroatoms. The molecule has 74 valence electrons. The molecule has 0 amide bonds. The molecule has 1 heterocycles. The van der Waals surface area contributed by atoms with Gasteiger partial charge in [0.05, 0.1) is 5.69 Å². The van der Waals surface area contributed by atoms with E-state index in [0.29, 0.717) is 6.10 Å². The fourth-order valence-electron chi connectivity index (χ4n) is 1.43. The second-order valence-corrected chi connectivity index (χ2v) is 3.92. The summed E-state index contributed by atoms with van der Waals surface area (Å²) in [4.78, 5) is 4.43. The molecule has 1 saturated heterocycles. The van der Waals surface area contributed by atoms with E-state index >= 15 is 0 Å². The first-order chi connectivity index (χ1) is 6.88. The maximum Gasteiger partial charge on any atom is 0.188 e. The Kier molecular flexibility index (Phi) is 3.19. The predicted molar refractivity (Wildman–Crippen MR) is 61.4 cm³/mol. The Morgan fingerprint density at radius 2 is 2.14 bits per heavy atom. The molecule has 1 aliphatic heterocycles. The van der Waals surface area contributed by atoms with Gasteiger partial charge >= 0.3 is 0 Å². The zero-order valence-corrected chi connectivity index (χ0v) is 9.40. The van der Waals surface area contributed by atoms with Crippen LogP contribution in [0.5, 0.6) is 0 Å². The second kappa shape index (κ2) is 4.60. The van der Waals surface area contributed by atoms with Crippen molar-refractivity contribution in [2.45, 2.75) is 18.9 Å². The molecule has 1 fully saturated rings. The Labute approximate surface area is 92.1 Å². The van der Waals surface area contributed by atoms with Crippen molar-refractivity contribution in [1.82, 2.24) is 0 Å². The first-order valence-electron chi connectivity index (χ1n) is 4.74. The molecule has 0 spiro atoms. The van der Waals surface area contributed by atoms with Crippen molar-refractivity contribution >= 4 is 27.5 Å². The Hall–Kier alpha value is -0.830. The highest BCUT2D eigenvalue weighted by Crippen LogP contribution is 2.20. The molecule has 0 radical (unpaired) electrons. The van der Waals surface area contributed by atoms with Gasteiger partial charge in [0.25, 0.3) is 0 Å². The van der Waals surface area contributed by atoms with Gasteiger partial charge in [-0.25, -0.2) is 4.99 Å².